The number of anilines is 1. The van der Waals surface area contributed by atoms with Gasteiger partial charge < -0.3 is 5.32 Å². The van der Waals surface area contributed by atoms with E-state index in [0.29, 0.717) is 10.7 Å². The van der Waals surface area contributed by atoms with Crippen LogP contribution in [0.15, 0.2) is 58.5 Å². The normalized spacial score (nSPS) is 10.6. The first-order valence-electron chi connectivity index (χ1n) is 9.18. The monoisotopic (exact) mass is 394 g/mol. The smallest absolute Gasteiger partial charge is 0.278 e. The number of aromatic nitrogens is 3. The average Bonchev–Trinajstić information content (AvgIpc) is 2.73. The Morgan fingerprint density at radius 2 is 1.68 bits per heavy atom. The Bertz CT molecular complexity index is 996. The summed E-state index contributed by atoms with van der Waals surface area (Å²) in [6.45, 7) is 4.13. The van der Waals surface area contributed by atoms with E-state index in [-0.39, 0.29) is 22.9 Å². The summed E-state index contributed by atoms with van der Waals surface area (Å²) >= 11 is 1.15. The number of amides is 1. The third-order valence-electron chi connectivity index (χ3n) is 4.33. The molecule has 1 amide bonds. The summed E-state index contributed by atoms with van der Waals surface area (Å²) < 4.78 is 0. The molecule has 0 spiro atoms. The average molecular weight is 395 g/mol. The van der Waals surface area contributed by atoms with E-state index >= 15 is 0 Å². The first-order valence-corrected chi connectivity index (χ1v) is 10.2. The second-order valence-electron chi connectivity index (χ2n) is 6.17. The molecular weight excluding hydrogens is 372 g/mol. The molecule has 0 fully saturated rings. The van der Waals surface area contributed by atoms with Crippen molar-refractivity contribution >= 4 is 23.4 Å². The lowest BCUT2D eigenvalue weighted by Crippen LogP contribution is -2.18. The molecule has 0 aliphatic rings. The first-order chi connectivity index (χ1) is 13.6. The van der Waals surface area contributed by atoms with Crippen molar-refractivity contribution in [2.45, 2.75) is 31.8 Å². The van der Waals surface area contributed by atoms with Crippen LogP contribution in [-0.2, 0) is 17.6 Å². The van der Waals surface area contributed by atoms with Crippen molar-refractivity contribution in [2.24, 2.45) is 0 Å². The number of carbonyl (C=O) groups excluding carboxylic acids is 1. The zero-order valence-corrected chi connectivity index (χ0v) is 16.7. The van der Waals surface area contributed by atoms with Crippen molar-refractivity contribution in [2.75, 3.05) is 11.1 Å². The lowest BCUT2D eigenvalue weighted by atomic mass is 10.0. The van der Waals surface area contributed by atoms with Gasteiger partial charge in [0.2, 0.25) is 5.91 Å². The summed E-state index contributed by atoms with van der Waals surface area (Å²) in [5, 5.41) is 11.4. The van der Waals surface area contributed by atoms with Gasteiger partial charge >= 0.3 is 0 Å². The van der Waals surface area contributed by atoms with Gasteiger partial charge in [-0.15, -0.1) is 10.2 Å². The van der Waals surface area contributed by atoms with E-state index in [1.807, 2.05) is 36.4 Å². The number of nitrogens with one attached hydrogen (secondary N) is 2. The van der Waals surface area contributed by atoms with E-state index in [9.17, 15) is 9.59 Å². The van der Waals surface area contributed by atoms with E-state index in [1.54, 1.807) is 12.1 Å². The summed E-state index contributed by atoms with van der Waals surface area (Å²) in [7, 11) is 0. The van der Waals surface area contributed by atoms with Gasteiger partial charge in [-0.05, 0) is 24.0 Å². The highest BCUT2D eigenvalue weighted by atomic mass is 32.2. The van der Waals surface area contributed by atoms with Crippen LogP contribution in [0.4, 0.5) is 5.69 Å². The fourth-order valence-corrected chi connectivity index (χ4v) is 3.49. The molecule has 1 aromatic heterocycles. The number of para-hydroxylation sites is 1. The molecule has 0 aliphatic heterocycles. The van der Waals surface area contributed by atoms with Gasteiger partial charge in [0.05, 0.1) is 5.75 Å². The molecule has 0 saturated heterocycles. The van der Waals surface area contributed by atoms with Crippen molar-refractivity contribution in [3.63, 3.8) is 0 Å². The van der Waals surface area contributed by atoms with E-state index in [2.05, 4.69) is 34.3 Å². The molecule has 0 saturated carbocycles. The van der Waals surface area contributed by atoms with Gasteiger partial charge in [0.25, 0.3) is 5.56 Å². The van der Waals surface area contributed by atoms with E-state index in [1.165, 1.54) is 0 Å². The van der Waals surface area contributed by atoms with E-state index in [4.69, 9.17) is 0 Å². The zero-order chi connectivity index (χ0) is 19.9. The van der Waals surface area contributed by atoms with Crippen molar-refractivity contribution in [1.82, 2.24) is 15.2 Å². The predicted molar refractivity (Wildman–Crippen MR) is 113 cm³/mol. The molecule has 0 atom stereocenters. The van der Waals surface area contributed by atoms with Crippen LogP contribution < -0.4 is 10.9 Å². The van der Waals surface area contributed by atoms with Gasteiger partial charge in [0, 0.05) is 11.3 Å². The molecule has 1 heterocycles. The molecule has 28 heavy (non-hydrogen) atoms. The molecule has 6 nitrogen and oxygen atoms in total. The largest absolute Gasteiger partial charge is 0.325 e. The number of H-pyrrole nitrogens is 1. The Hall–Kier alpha value is -2.93. The minimum Gasteiger partial charge on any atom is -0.325 e. The third-order valence-corrected chi connectivity index (χ3v) is 5.19. The summed E-state index contributed by atoms with van der Waals surface area (Å²) in [5.74, 6) is -0.00774. The highest BCUT2D eigenvalue weighted by Gasteiger charge is 2.12. The molecule has 2 N–H and O–H groups in total. The topological polar surface area (TPSA) is 87.7 Å². The highest BCUT2D eigenvalue weighted by Crippen LogP contribution is 2.23. The van der Waals surface area contributed by atoms with Crippen molar-refractivity contribution in [1.29, 1.82) is 0 Å². The predicted octanol–water partition coefficient (Wildman–Crippen LogP) is 3.69. The highest BCUT2D eigenvalue weighted by molar-refractivity contribution is 7.99. The van der Waals surface area contributed by atoms with Crippen LogP contribution >= 0.6 is 11.8 Å². The molecule has 2 aromatic carbocycles. The van der Waals surface area contributed by atoms with Gasteiger partial charge in [-0.3, -0.25) is 14.6 Å². The number of carbonyl (C=O) groups is 1. The lowest BCUT2D eigenvalue weighted by Gasteiger charge is -2.14. The number of aromatic amines is 1. The summed E-state index contributed by atoms with van der Waals surface area (Å²) in [6, 6.07) is 15.2. The van der Waals surface area contributed by atoms with Crippen LogP contribution in [-0.4, -0.2) is 26.8 Å². The SMILES string of the molecule is CCc1cccc(CC)c1NC(=O)CSc1nnc(-c2ccccc2)c(=O)[nH]1. The Labute approximate surface area is 167 Å². The second kappa shape index (κ2) is 9.32. The molecule has 0 aliphatic carbocycles. The second-order valence-corrected chi connectivity index (χ2v) is 7.13. The van der Waals surface area contributed by atoms with Gasteiger partial charge in [-0.1, -0.05) is 74.1 Å². The van der Waals surface area contributed by atoms with Crippen LogP contribution in [0, 0.1) is 0 Å². The van der Waals surface area contributed by atoms with Crippen LogP contribution in [0.1, 0.15) is 25.0 Å². The number of rotatable bonds is 7. The number of aryl methyl sites for hydroxylation is 2. The molecule has 144 valence electrons. The van der Waals surface area contributed by atoms with Crippen LogP contribution in [0.2, 0.25) is 0 Å². The standard InChI is InChI=1S/C21H22N4O2S/c1-3-14-11-8-12-15(4-2)18(14)22-17(26)13-28-21-23-20(27)19(24-25-21)16-9-6-5-7-10-16/h5-12H,3-4,13H2,1-2H3,(H,22,26)(H,23,25,27). The van der Waals surface area contributed by atoms with Gasteiger partial charge in [0.1, 0.15) is 0 Å². The number of hydrogen-bond acceptors (Lipinski definition) is 5. The molecular formula is C21H22N4O2S. The number of nitrogens with zero attached hydrogens (tertiary/aromatic N) is 2. The molecule has 7 heteroatoms. The van der Waals surface area contributed by atoms with Crippen LogP contribution in [0.3, 0.4) is 0 Å². The van der Waals surface area contributed by atoms with Gasteiger partial charge in [-0.2, -0.15) is 0 Å². The van der Waals surface area contributed by atoms with Crippen molar-refractivity contribution in [3.8, 4) is 11.3 Å². The third kappa shape index (κ3) is 4.67. The fourth-order valence-electron chi connectivity index (χ4n) is 2.88. The summed E-state index contributed by atoms with van der Waals surface area (Å²) in [6.07, 6.45) is 1.69. The minimum atomic E-state index is -0.325. The van der Waals surface area contributed by atoms with Crippen molar-refractivity contribution in [3.05, 3.63) is 70.0 Å². The van der Waals surface area contributed by atoms with Crippen molar-refractivity contribution < 1.29 is 4.79 Å². The van der Waals surface area contributed by atoms with Gasteiger partial charge in [-0.25, -0.2) is 0 Å². The Balaban J connectivity index is 1.67. The van der Waals surface area contributed by atoms with E-state index in [0.717, 1.165) is 41.4 Å². The molecule has 3 aromatic rings. The fraction of sp³-hybridized carbons (Fsp3) is 0.238. The molecule has 0 unspecified atom stereocenters. The molecule has 0 bridgehead atoms. The molecule has 3 rings (SSSR count). The van der Waals surface area contributed by atoms with E-state index < -0.39 is 0 Å². The maximum atomic E-state index is 12.4. The maximum absolute atomic E-state index is 12.4. The maximum Gasteiger partial charge on any atom is 0.278 e. The summed E-state index contributed by atoms with van der Waals surface area (Å²) in [5.41, 5.74) is 3.75. The number of thioether (sulfide) groups is 1. The number of benzene rings is 2. The van der Waals surface area contributed by atoms with Crippen LogP contribution in [0.25, 0.3) is 11.3 Å². The molecule has 0 radical (unpaired) electrons. The quantitative estimate of drug-likeness (QED) is 0.597. The Kier molecular flexibility index (Phi) is 6.60. The Morgan fingerprint density at radius 3 is 2.29 bits per heavy atom. The Morgan fingerprint density at radius 1 is 1.00 bits per heavy atom. The van der Waals surface area contributed by atoms with Crippen LogP contribution in [0.5, 0.6) is 0 Å². The minimum absolute atomic E-state index is 0.135. The summed E-state index contributed by atoms with van der Waals surface area (Å²) in [4.78, 5) is 27.4. The number of hydrogen-bond donors (Lipinski definition) is 2. The first kappa shape index (κ1) is 19.8. The zero-order valence-electron chi connectivity index (χ0n) is 15.9. The lowest BCUT2D eigenvalue weighted by molar-refractivity contribution is -0.113. The van der Waals surface area contributed by atoms with Gasteiger partial charge in [0.15, 0.2) is 10.9 Å².